The van der Waals surface area contributed by atoms with E-state index in [-0.39, 0.29) is 11.9 Å². The SMILES string of the molecule is CNc1nnc(C(=O)NC(C)c2ccc(C)o2)s1. The van der Waals surface area contributed by atoms with Gasteiger partial charge >= 0.3 is 0 Å². The van der Waals surface area contributed by atoms with Crippen molar-refractivity contribution in [2.24, 2.45) is 0 Å². The Balaban J connectivity index is 2.02. The highest BCUT2D eigenvalue weighted by atomic mass is 32.1. The van der Waals surface area contributed by atoms with Crippen LogP contribution in [0.2, 0.25) is 0 Å². The molecule has 0 bridgehead atoms. The number of anilines is 1. The average molecular weight is 266 g/mol. The van der Waals surface area contributed by atoms with Crippen LogP contribution in [0.15, 0.2) is 16.5 Å². The molecule has 2 N–H and O–H groups in total. The van der Waals surface area contributed by atoms with Crippen LogP contribution >= 0.6 is 11.3 Å². The fraction of sp³-hybridized carbons (Fsp3) is 0.364. The molecular weight excluding hydrogens is 252 g/mol. The van der Waals surface area contributed by atoms with Crippen molar-refractivity contribution in [1.82, 2.24) is 15.5 Å². The Morgan fingerprint density at radius 3 is 2.78 bits per heavy atom. The van der Waals surface area contributed by atoms with Crippen LogP contribution in [0.5, 0.6) is 0 Å². The lowest BCUT2D eigenvalue weighted by molar-refractivity contribution is 0.0934. The predicted molar refractivity (Wildman–Crippen MR) is 68.8 cm³/mol. The van der Waals surface area contributed by atoms with Crippen molar-refractivity contribution in [3.63, 3.8) is 0 Å². The number of hydrogen-bond acceptors (Lipinski definition) is 6. The van der Waals surface area contributed by atoms with Crippen LogP contribution in [-0.2, 0) is 0 Å². The Morgan fingerprint density at radius 2 is 2.22 bits per heavy atom. The maximum atomic E-state index is 11.9. The summed E-state index contributed by atoms with van der Waals surface area (Å²) < 4.78 is 5.45. The van der Waals surface area contributed by atoms with Crippen molar-refractivity contribution in [2.75, 3.05) is 12.4 Å². The van der Waals surface area contributed by atoms with Gasteiger partial charge in [-0.1, -0.05) is 11.3 Å². The topological polar surface area (TPSA) is 80.0 Å². The molecule has 0 aliphatic rings. The van der Waals surface area contributed by atoms with E-state index in [0.717, 1.165) is 11.5 Å². The first-order chi connectivity index (χ1) is 8.60. The number of furan rings is 1. The summed E-state index contributed by atoms with van der Waals surface area (Å²) in [4.78, 5) is 11.9. The highest BCUT2D eigenvalue weighted by Gasteiger charge is 2.17. The third-order valence-electron chi connectivity index (χ3n) is 2.37. The van der Waals surface area contributed by atoms with Crippen LogP contribution in [0.4, 0.5) is 5.13 Å². The van der Waals surface area contributed by atoms with Crippen LogP contribution in [0.1, 0.15) is 34.3 Å². The average Bonchev–Trinajstić information content (AvgIpc) is 2.97. The fourth-order valence-corrected chi connectivity index (χ4v) is 2.03. The molecule has 2 aromatic rings. The Kier molecular flexibility index (Phi) is 3.61. The Hall–Kier alpha value is -1.89. The smallest absolute Gasteiger partial charge is 0.282 e. The molecular formula is C11H14N4O2S. The van der Waals surface area contributed by atoms with E-state index in [1.54, 1.807) is 7.05 Å². The molecule has 1 unspecified atom stereocenters. The molecule has 0 radical (unpaired) electrons. The molecule has 0 aromatic carbocycles. The summed E-state index contributed by atoms with van der Waals surface area (Å²) in [5.41, 5.74) is 0. The van der Waals surface area contributed by atoms with E-state index in [0.29, 0.717) is 10.1 Å². The molecule has 0 fully saturated rings. The Labute approximate surface area is 108 Å². The maximum Gasteiger partial charge on any atom is 0.282 e. The minimum absolute atomic E-state index is 0.201. The zero-order valence-corrected chi connectivity index (χ0v) is 11.2. The van der Waals surface area contributed by atoms with Crippen molar-refractivity contribution in [3.05, 3.63) is 28.7 Å². The van der Waals surface area contributed by atoms with Crippen molar-refractivity contribution >= 4 is 22.4 Å². The van der Waals surface area contributed by atoms with E-state index in [1.165, 1.54) is 11.3 Å². The summed E-state index contributed by atoms with van der Waals surface area (Å²) in [6.45, 7) is 3.72. The lowest BCUT2D eigenvalue weighted by atomic mass is 10.2. The number of hydrogen-bond donors (Lipinski definition) is 2. The molecule has 1 atom stereocenters. The quantitative estimate of drug-likeness (QED) is 0.884. The van der Waals surface area contributed by atoms with Crippen molar-refractivity contribution < 1.29 is 9.21 Å². The number of carbonyl (C=O) groups excluding carboxylic acids is 1. The zero-order chi connectivity index (χ0) is 13.1. The number of amides is 1. The van der Waals surface area contributed by atoms with Gasteiger partial charge in [-0.25, -0.2) is 0 Å². The molecule has 2 aromatic heterocycles. The van der Waals surface area contributed by atoms with E-state index in [2.05, 4.69) is 20.8 Å². The van der Waals surface area contributed by atoms with E-state index >= 15 is 0 Å². The van der Waals surface area contributed by atoms with Crippen molar-refractivity contribution in [2.45, 2.75) is 19.9 Å². The Bertz CT molecular complexity index is 549. The lowest BCUT2D eigenvalue weighted by Gasteiger charge is -2.09. The first kappa shape index (κ1) is 12.6. The standard InChI is InChI=1S/C11H14N4O2S/c1-6-4-5-8(17-6)7(2)13-9(16)10-14-15-11(12-3)18-10/h4-5,7H,1-3H3,(H,12,15)(H,13,16). The van der Waals surface area contributed by atoms with Crippen molar-refractivity contribution in [1.29, 1.82) is 0 Å². The minimum Gasteiger partial charge on any atom is -0.464 e. The van der Waals surface area contributed by atoms with Gasteiger partial charge in [0.25, 0.3) is 5.91 Å². The maximum absolute atomic E-state index is 11.9. The second kappa shape index (κ2) is 5.18. The fourth-order valence-electron chi connectivity index (χ4n) is 1.43. The van der Waals surface area contributed by atoms with Gasteiger partial charge in [0.15, 0.2) is 0 Å². The van der Waals surface area contributed by atoms with Gasteiger partial charge in [-0.2, -0.15) is 0 Å². The van der Waals surface area contributed by atoms with Crippen LogP contribution in [0.25, 0.3) is 0 Å². The molecule has 0 saturated heterocycles. The minimum atomic E-state index is -0.254. The molecule has 0 aliphatic carbocycles. The summed E-state index contributed by atoms with van der Waals surface area (Å²) in [6.07, 6.45) is 0. The summed E-state index contributed by atoms with van der Waals surface area (Å²) in [7, 11) is 1.73. The van der Waals surface area contributed by atoms with Crippen LogP contribution in [0, 0.1) is 6.92 Å². The number of aromatic nitrogens is 2. The third-order valence-corrected chi connectivity index (χ3v) is 3.31. The van der Waals surface area contributed by atoms with Gasteiger partial charge in [-0.3, -0.25) is 4.79 Å². The van der Waals surface area contributed by atoms with Gasteiger partial charge in [0, 0.05) is 7.05 Å². The number of nitrogens with zero attached hydrogens (tertiary/aromatic N) is 2. The second-order valence-electron chi connectivity index (χ2n) is 3.81. The number of carbonyl (C=O) groups is 1. The summed E-state index contributed by atoms with van der Waals surface area (Å²) in [6, 6.07) is 3.51. The van der Waals surface area contributed by atoms with E-state index in [4.69, 9.17) is 4.42 Å². The van der Waals surface area contributed by atoms with Crippen LogP contribution in [-0.4, -0.2) is 23.2 Å². The summed E-state index contributed by atoms with van der Waals surface area (Å²) in [5, 5.41) is 14.2. The van der Waals surface area contributed by atoms with E-state index in [9.17, 15) is 4.79 Å². The largest absolute Gasteiger partial charge is 0.464 e. The molecule has 6 nitrogen and oxygen atoms in total. The predicted octanol–water partition coefficient (Wildman–Crippen LogP) is 1.97. The zero-order valence-electron chi connectivity index (χ0n) is 10.4. The van der Waals surface area contributed by atoms with Gasteiger partial charge in [0.05, 0.1) is 6.04 Å². The van der Waals surface area contributed by atoms with Gasteiger partial charge in [-0.15, -0.1) is 10.2 Å². The lowest BCUT2D eigenvalue weighted by Crippen LogP contribution is -2.26. The second-order valence-corrected chi connectivity index (χ2v) is 4.78. The molecule has 7 heteroatoms. The first-order valence-electron chi connectivity index (χ1n) is 5.48. The molecule has 2 heterocycles. The molecule has 2 rings (SSSR count). The molecule has 18 heavy (non-hydrogen) atoms. The normalized spacial score (nSPS) is 12.2. The number of aryl methyl sites for hydroxylation is 1. The highest BCUT2D eigenvalue weighted by molar-refractivity contribution is 7.17. The molecule has 0 spiro atoms. The molecule has 1 amide bonds. The number of nitrogens with one attached hydrogen (secondary N) is 2. The molecule has 96 valence electrons. The van der Waals surface area contributed by atoms with Crippen molar-refractivity contribution in [3.8, 4) is 0 Å². The highest BCUT2D eigenvalue weighted by Crippen LogP contribution is 2.18. The summed E-state index contributed by atoms with van der Waals surface area (Å²) >= 11 is 1.21. The number of rotatable bonds is 4. The molecule has 0 saturated carbocycles. The summed E-state index contributed by atoms with van der Waals surface area (Å²) in [5.74, 6) is 1.29. The molecule has 0 aliphatic heterocycles. The van der Waals surface area contributed by atoms with Crippen LogP contribution in [0.3, 0.4) is 0 Å². The van der Waals surface area contributed by atoms with Gasteiger partial charge in [0.1, 0.15) is 11.5 Å². The van der Waals surface area contributed by atoms with Crippen LogP contribution < -0.4 is 10.6 Å². The monoisotopic (exact) mass is 266 g/mol. The van der Waals surface area contributed by atoms with Gasteiger partial charge < -0.3 is 15.1 Å². The first-order valence-corrected chi connectivity index (χ1v) is 6.30. The Morgan fingerprint density at radius 1 is 1.44 bits per heavy atom. The van der Waals surface area contributed by atoms with E-state index < -0.39 is 0 Å². The van der Waals surface area contributed by atoms with E-state index in [1.807, 2.05) is 26.0 Å². The third kappa shape index (κ3) is 2.67. The van der Waals surface area contributed by atoms with Gasteiger partial charge in [-0.05, 0) is 26.0 Å². The van der Waals surface area contributed by atoms with Gasteiger partial charge in [0.2, 0.25) is 10.1 Å².